The number of esters is 1. The van der Waals surface area contributed by atoms with Crippen LogP contribution in [0.5, 0.6) is 0 Å². The van der Waals surface area contributed by atoms with Crippen molar-refractivity contribution in [2.45, 2.75) is 103 Å². The molecule has 1 heterocycles. The van der Waals surface area contributed by atoms with E-state index in [-0.39, 0.29) is 28.6 Å². The van der Waals surface area contributed by atoms with Gasteiger partial charge < -0.3 is 14.1 Å². The summed E-state index contributed by atoms with van der Waals surface area (Å²) in [6, 6.07) is 0.185. The minimum Gasteiger partial charge on any atom is -0.466 e. The lowest BCUT2D eigenvalue weighted by molar-refractivity contribution is -0.143. The van der Waals surface area contributed by atoms with Crippen LogP contribution in [-0.2, 0) is 18.8 Å². The molecule has 6 heteroatoms. The van der Waals surface area contributed by atoms with Gasteiger partial charge in [0.25, 0.3) is 0 Å². The summed E-state index contributed by atoms with van der Waals surface area (Å²) in [4.78, 5) is 25.7. The Kier molecular flexibility index (Phi) is 9.31. The molecule has 1 amide bonds. The van der Waals surface area contributed by atoms with E-state index in [9.17, 15) is 9.59 Å². The summed E-state index contributed by atoms with van der Waals surface area (Å²) >= 11 is 0. The SMILES string of the molecule is CCOC(=O)CCCCCCN1C(=O)CC[C@@H]1C(C)(C)O[SiH2]C(C)(C)C. The first-order chi connectivity index (χ1) is 12.1. The van der Waals surface area contributed by atoms with E-state index in [0.29, 0.717) is 19.4 Å². The third-order valence-corrected chi connectivity index (χ3v) is 6.60. The summed E-state index contributed by atoms with van der Waals surface area (Å²) in [6.45, 7) is 14.0. The molecular weight excluding hydrogens is 346 g/mol. The van der Waals surface area contributed by atoms with Crippen molar-refractivity contribution in [2.75, 3.05) is 13.2 Å². The maximum absolute atomic E-state index is 12.3. The van der Waals surface area contributed by atoms with Gasteiger partial charge in [-0.2, -0.15) is 0 Å². The molecule has 0 unspecified atom stereocenters. The summed E-state index contributed by atoms with van der Waals surface area (Å²) in [6.07, 6.45) is 5.91. The van der Waals surface area contributed by atoms with Crippen LogP contribution in [0, 0.1) is 0 Å². The Morgan fingerprint density at radius 2 is 1.81 bits per heavy atom. The fourth-order valence-corrected chi connectivity index (χ4v) is 4.37. The third-order valence-electron chi connectivity index (χ3n) is 4.84. The maximum Gasteiger partial charge on any atom is 0.305 e. The van der Waals surface area contributed by atoms with Gasteiger partial charge in [-0.1, -0.05) is 33.6 Å². The molecule has 152 valence electrons. The molecule has 5 nitrogen and oxygen atoms in total. The number of carbonyl (C=O) groups excluding carboxylic acids is 2. The molecule has 1 atom stereocenters. The Hall–Kier alpha value is -0.883. The highest BCUT2D eigenvalue weighted by molar-refractivity contribution is 6.31. The first kappa shape index (κ1) is 23.2. The molecule has 0 radical (unpaired) electrons. The summed E-state index contributed by atoms with van der Waals surface area (Å²) in [5.74, 6) is 0.153. The van der Waals surface area contributed by atoms with E-state index in [4.69, 9.17) is 9.16 Å². The predicted molar refractivity (Wildman–Crippen MR) is 108 cm³/mol. The van der Waals surface area contributed by atoms with Crippen LogP contribution in [0.25, 0.3) is 0 Å². The highest BCUT2D eigenvalue weighted by Gasteiger charge is 2.41. The molecule has 1 aliphatic rings. The normalized spacial score (nSPS) is 18.9. The van der Waals surface area contributed by atoms with E-state index in [1.54, 1.807) is 0 Å². The van der Waals surface area contributed by atoms with Crippen molar-refractivity contribution >= 4 is 21.6 Å². The Labute approximate surface area is 162 Å². The summed E-state index contributed by atoms with van der Waals surface area (Å²) in [5.41, 5.74) is -0.268. The Morgan fingerprint density at radius 3 is 2.42 bits per heavy atom. The second-order valence-corrected chi connectivity index (χ2v) is 11.8. The largest absolute Gasteiger partial charge is 0.466 e. The second-order valence-electron chi connectivity index (χ2n) is 9.06. The molecule has 1 saturated heterocycles. The van der Waals surface area contributed by atoms with Crippen LogP contribution >= 0.6 is 0 Å². The number of unbranched alkanes of at least 4 members (excludes halogenated alkanes) is 3. The lowest BCUT2D eigenvalue weighted by atomic mass is 9.96. The molecule has 1 rings (SSSR count). The molecule has 0 spiro atoms. The topological polar surface area (TPSA) is 55.8 Å². The van der Waals surface area contributed by atoms with Gasteiger partial charge in [0.05, 0.1) is 18.2 Å². The van der Waals surface area contributed by atoms with Crippen molar-refractivity contribution in [3.63, 3.8) is 0 Å². The number of rotatable bonds is 11. The third kappa shape index (κ3) is 8.21. The van der Waals surface area contributed by atoms with Crippen molar-refractivity contribution in [2.24, 2.45) is 0 Å². The molecule has 0 aromatic rings. The van der Waals surface area contributed by atoms with Crippen LogP contribution in [0.2, 0.25) is 5.04 Å². The highest BCUT2D eigenvalue weighted by Crippen LogP contribution is 2.32. The number of nitrogens with zero attached hydrogens (tertiary/aromatic N) is 1. The van der Waals surface area contributed by atoms with E-state index < -0.39 is 9.76 Å². The quantitative estimate of drug-likeness (QED) is 0.310. The highest BCUT2D eigenvalue weighted by atomic mass is 28.2. The molecule has 0 bridgehead atoms. The fourth-order valence-electron chi connectivity index (χ4n) is 3.37. The molecule has 26 heavy (non-hydrogen) atoms. The van der Waals surface area contributed by atoms with Crippen LogP contribution < -0.4 is 0 Å². The first-order valence-corrected chi connectivity index (χ1v) is 11.4. The van der Waals surface area contributed by atoms with Crippen LogP contribution in [0.4, 0.5) is 0 Å². The Balaban J connectivity index is 2.39. The Bertz CT molecular complexity index is 459. The zero-order chi connectivity index (χ0) is 19.8. The van der Waals surface area contributed by atoms with E-state index in [1.165, 1.54) is 0 Å². The smallest absolute Gasteiger partial charge is 0.305 e. The van der Waals surface area contributed by atoms with Gasteiger partial charge in [0.15, 0.2) is 9.76 Å². The van der Waals surface area contributed by atoms with Gasteiger partial charge in [0.2, 0.25) is 5.91 Å². The van der Waals surface area contributed by atoms with Crippen LogP contribution in [-0.4, -0.2) is 51.3 Å². The van der Waals surface area contributed by atoms with Gasteiger partial charge in [-0.3, -0.25) is 9.59 Å². The van der Waals surface area contributed by atoms with Crippen molar-refractivity contribution in [3.8, 4) is 0 Å². The van der Waals surface area contributed by atoms with Crippen LogP contribution in [0.3, 0.4) is 0 Å². The van der Waals surface area contributed by atoms with Gasteiger partial charge in [-0.15, -0.1) is 0 Å². The van der Waals surface area contributed by atoms with Gasteiger partial charge in [-0.25, -0.2) is 0 Å². The summed E-state index contributed by atoms with van der Waals surface area (Å²) in [5, 5.41) is 0.254. The summed E-state index contributed by atoms with van der Waals surface area (Å²) < 4.78 is 11.3. The minimum absolute atomic E-state index is 0.107. The van der Waals surface area contributed by atoms with E-state index in [2.05, 4.69) is 34.6 Å². The van der Waals surface area contributed by atoms with Gasteiger partial charge in [-0.05, 0) is 45.1 Å². The molecule has 0 aliphatic carbocycles. The second kappa shape index (κ2) is 10.5. The van der Waals surface area contributed by atoms with Crippen molar-refractivity contribution in [1.29, 1.82) is 0 Å². The van der Waals surface area contributed by atoms with Crippen molar-refractivity contribution in [1.82, 2.24) is 4.90 Å². The minimum atomic E-state index is -0.652. The van der Waals surface area contributed by atoms with Gasteiger partial charge >= 0.3 is 5.97 Å². The lowest BCUT2D eigenvalue weighted by Gasteiger charge is -2.39. The predicted octanol–water partition coefficient (Wildman–Crippen LogP) is 3.59. The average Bonchev–Trinajstić information content (AvgIpc) is 2.90. The fraction of sp³-hybridized carbons (Fsp3) is 0.900. The van der Waals surface area contributed by atoms with Crippen LogP contribution in [0.15, 0.2) is 0 Å². The van der Waals surface area contributed by atoms with Crippen molar-refractivity contribution in [3.05, 3.63) is 0 Å². The Morgan fingerprint density at radius 1 is 1.15 bits per heavy atom. The molecule has 0 N–H and O–H groups in total. The number of amides is 1. The van der Waals surface area contributed by atoms with Gasteiger partial charge in [0, 0.05) is 19.4 Å². The maximum atomic E-state index is 12.3. The van der Waals surface area contributed by atoms with Crippen molar-refractivity contribution < 1.29 is 18.8 Å². The number of likely N-dealkylation sites (tertiary alicyclic amines) is 1. The molecule has 1 aliphatic heterocycles. The molecule has 0 aromatic heterocycles. The summed E-state index contributed by atoms with van der Waals surface area (Å²) in [7, 11) is -0.652. The van der Waals surface area contributed by atoms with Crippen LogP contribution in [0.1, 0.15) is 86.5 Å². The molecule has 0 aromatic carbocycles. The van der Waals surface area contributed by atoms with Gasteiger partial charge in [0.1, 0.15) is 0 Å². The zero-order valence-electron chi connectivity index (χ0n) is 17.7. The van der Waals surface area contributed by atoms with E-state index >= 15 is 0 Å². The van der Waals surface area contributed by atoms with E-state index in [0.717, 1.165) is 38.6 Å². The number of ether oxygens (including phenoxy) is 1. The number of carbonyl (C=O) groups is 2. The monoisotopic (exact) mass is 385 g/mol. The first-order valence-electron chi connectivity index (χ1n) is 10.2. The molecule has 0 saturated carbocycles. The standard InChI is InChI=1S/C20H39NO4Si/c1-7-24-18(23)12-10-8-9-11-15-21-16(13-14-17(21)22)20(5,6)25-26-19(2,3)4/h16H,7-15,26H2,1-6H3/t16-/m1/s1. The lowest BCUT2D eigenvalue weighted by Crippen LogP contribution is -2.50. The number of hydrogen-bond donors (Lipinski definition) is 0. The number of hydrogen-bond acceptors (Lipinski definition) is 4. The average molecular weight is 386 g/mol. The van der Waals surface area contributed by atoms with E-state index in [1.807, 2.05) is 11.8 Å². The molecular formula is C20H39NO4Si. The molecule has 1 fully saturated rings. The zero-order valence-corrected chi connectivity index (χ0v) is 19.1.